The Morgan fingerprint density at radius 2 is 1.16 bits per heavy atom. The van der Waals surface area contributed by atoms with Gasteiger partial charge in [-0.05, 0) is 66.6 Å². The van der Waals surface area contributed by atoms with Crippen molar-refractivity contribution in [3.05, 3.63) is 100 Å². The van der Waals surface area contributed by atoms with Crippen LogP contribution in [-0.2, 0) is 6.42 Å². The van der Waals surface area contributed by atoms with Crippen LogP contribution >= 0.6 is 0 Å². The third-order valence-electron chi connectivity index (χ3n) is 4.24. The molecule has 0 spiro atoms. The molecule has 0 atom stereocenters. The van der Waals surface area contributed by atoms with Gasteiger partial charge in [-0.2, -0.15) is 0 Å². The van der Waals surface area contributed by atoms with Gasteiger partial charge in [0.2, 0.25) is 0 Å². The number of halogens is 4. The molecule has 0 radical (unpaired) electrons. The van der Waals surface area contributed by atoms with Gasteiger partial charge in [0.15, 0.2) is 11.6 Å². The molecule has 0 heterocycles. The van der Waals surface area contributed by atoms with Gasteiger partial charge in [-0.3, -0.25) is 0 Å². The maximum absolute atomic E-state index is 13.7. The van der Waals surface area contributed by atoms with Gasteiger partial charge in [0.25, 0.3) is 0 Å². The first-order chi connectivity index (χ1) is 14.8. The number of aryl methyl sites for hydroxylation is 1. The lowest BCUT2D eigenvalue weighted by Gasteiger charge is -2.09. The lowest BCUT2D eigenvalue weighted by atomic mass is 10.1. The normalized spacial score (nSPS) is 10.5. The van der Waals surface area contributed by atoms with Crippen molar-refractivity contribution in [3.63, 3.8) is 0 Å². The molecular formula is C26H18F4O. The summed E-state index contributed by atoms with van der Waals surface area (Å²) in [6.07, 6.45) is -2.79. The fourth-order valence-electron chi connectivity index (χ4n) is 2.76. The van der Waals surface area contributed by atoms with E-state index in [9.17, 15) is 17.6 Å². The van der Waals surface area contributed by atoms with Crippen molar-refractivity contribution in [1.29, 1.82) is 0 Å². The smallest absolute Gasteiger partial charge is 0.403 e. The van der Waals surface area contributed by atoms with E-state index in [2.05, 4.69) is 47.5 Å². The molecule has 5 heteroatoms. The number of benzene rings is 3. The molecule has 0 unspecified atom stereocenters. The van der Waals surface area contributed by atoms with Crippen molar-refractivity contribution in [2.75, 3.05) is 0 Å². The summed E-state index contributed by atoms with van der Waals surface area (Å²) < 4.78 is 53.9. The highest BCUT2D eigenvalue weighted by atomic mass is 19.4. The van der Waals surface area contributed by atoms with Crippen molar-refractivity contribution in [3.8, 4) is 29.4 Å². The zero-order chi connectivity index (χ0) is 22.3. The summed E-state index contributed by atoms with van der Waals surface area (Å²) in [5.74, 6) is 9.76. The summed E-state index contributed by atoms with van der Waals surface area (Å²) in [7, 11) is 0. The first kappa shape index (κ1) is 22.0. The molecule has 1 nitrogen and oxygen atoms in total. The minimum absolute atomic E-state index is 0.238. The van der Waals surface area contributed by atoms with Crippen LogP contribution in [-0.4, -0.2) is 6.36 Å². The van der Waals surface area contributed by atoms with Crippen LogP contribution in [0.4, 0.5) is 17.6 Å². The lowest BCUT2D eigenvalue weighted by Crippen LogP contribution is -2.17. The fourth-order valence-corrected chi connectivity index (χ4v) is 2.76. The van der Waals surface area contributed by atoms with Crippen molar-refractivity contribution >= 4 is 0 Å². The standard InChI is InChI=1S/C26H18F4O/c1-2-3-19-4-6-20(7-5-19)8-9-21-10-12-22(13-11-21)14-15-23-16-17-25(24(27)18-23)31-26(28,29)30/h4-7,10-13,16-18H,2-3H2,1H3. The Hall–Kier alpha value is -3.70. The van der Waals surface area contributed by atoms with Gasteiger partial charge in [0.1, 0.15) is 0 Å². The van der Waals surface area contributed by atoms with Crippen LogP contribution in [0.15, 0.2) is 66.7 Å². The number of hydrogen-bond donors (Lipinski definition) is 0. The van der Waals surface area contributed by atoms with Gasteiger partial charge in [-0.1, -0.05) is 49.2 Å². The van der Waals surface area contributed by atoms with Gasteiger partial charge in [-0.25, -0.2) is 4.39 Å². The summed E-state index contributed by atoms with van der Waals surface area (Å²) in [5.41, 5.74) is 3.96. The summed E-state index contributed by atoms with van der Waals surface area (Å²) in [5, 5.41) is 0. The largest absolute Gasteiger partial charge is 0.573 e. The molecule has 0 aliphatic rings. The molecule has 3 aromatic rings. The van der Waals surface area contributed by atoms with Crippen molar-refractivity contribution < 1.29 is 22.3 Å². The van der Waals surface area contributed by atoms with E-state index in [-0.39, 0.29) is 5.56 Å². The maximum atomic E-state index is 13.7. The van der Waals surface area contributed by atoms with Crippen LogP contribution in [0.5, 0.6) is 5.75 Å². The van der Waals surface area contributed by atoms with E-state index in [0.717, 1.165) is 36.1 Å². The third-order valence-corrected chi connectivity index (χ3v) is 4.24. The van der Waals surface area contributed by atoms with Crippen LogP contribution in [0.3, 0.4) is 0 Å². The van der Waals surface area contributed by atoms with E-state index in [1.165, 1.54) is 11.6 Å². The van der Waals surface area contributed by atoms with E-state index in [1.54, 1.807) is 12.1 Å². The molecule has 0 bridgehead atoms. The second kappa shape index (κ2) is 9.87. The molecule has 0 saturated carbocycles. The second-order valence-electron chi connectivity index (χ2n) is 6.72. The topological polar surface area (TPSA) is 9.23 Å². The monoisotopic (exact) mass is 422 g/mol. The van der Waals surface area contributed by atoms with Crippen LogP contribution in [0, 0.1) is 29.5 Å². The SMILES string of the molecule is CCCc1ccc(C#Cc2ccc(C#Cc3ccc(OC(F)(F)F)c(F)c3)cc2)cc1. The molecule has 0 saturated heterocycles. The van der Waals surface area contributed by atoms with Crippen molar-refractivity contribution in [2.45, 2.75) is 26.1 Å². The van der Waals surface area contributed by atoms with Gasteiger partial charge in [0, 0.05) is 22.3 Å². The van der Waals surface area contributed by atoms with Gasteiger partial charge in [0.05, 0.1) is 0 Å². The van der Waals surface area contributed by atoms with Crippen LogP contribution in [0.25, 0.3) is 0 Å². The maximum Gasteiger partial charge on any atom is 0.573 e. The first-order valence-electron chi connectivity index (χ1n) is 9.61. The molecule has 3 rings (SSSR count). The molecule has 0 N–H and O–H groups in total. The fraction of sp³-hybridized carbons (Fsp3) is 0.154. The number of rotatable bonds is 3. The van der Waals surface area contributed by atoms with Crippen LogP contribution < -0.4 is 4.74 Å². The zero-order valence-corrected chi connectivity index (χ0v) is 16.7. The number of ether oxygens (including phenoxy) is 1. The predicted molar refractivity (Wildman–Crippen MR) is 112 cm³/mol. The minimum atomic E-state index is -4.95. The first-order valence-corrected chi connectivity index (χ1v) is 9.61. The highest BCUT2D eigenvalue weighted by molar-refractivity contribution is 5.48. The van der Waals surface area contributed by atoms with Gasteiger partial charge in [-0.15, -0.1) is 13.2 Å². The average molecular weight is 422 g/mol. The van der Waals surface area contributed by atoms with E-state index in [1.807, 2.05) is 24.3 Å². The summed E-state index contributed by atoms with van der Waals surface area (Å²) in [4.78, 5) is 0. The molecule has 0 amide bonds. The minimum Gasteiger partial charge on any atom is -0.403 e. The van der Waals surface area contributed by atoms with Crippen molar-refractivity contribution in [2.24, 2.45) is 0 Å². The Balaban J connectivity index is 1.67. The van der Waals surface area contributed by atoms with Crippen LogP contribution in [0.2, 0.25) is 0 Å². The number of alkyl halides is 3. The molecule has 0 fully saturated rings. The summed E-state index contributed by atoms with van der Waals surface area (Å²) in [6.45, 7) is 2.14. The summed E-state index contributed by atoms with van der Waals surface area (Å²) >= 11 is 0. The summed E-state index contributed by atoms with van der Waals surface area (Å²) in [6, 6.07) is 18.4. The van der Waals surface area contributed by atoms with Crippen LogP contribution in [0.1, 0.15) is 41.2 Å². The lowest BCUT2D eigenvalue weighted by molar-refractivity contribution is -0.275. The molecule has 3 aromatic carbocycles. The van der Waals surface area contributed by atoms with E-state index in [4.69, 9.17) is 0 Å². The Kier molecular flexibility index (Phi) is 7.00. The van der Waals surface area contributed by atoms with E-state index < -0.39 is 17.9 Å². The quantitative estimate of drug-likeness (QED) is 0.347. The second-order valence-corrected chi connectivity index (χ2v) is 6.72. The predicted octanol–water partition coefficient (Wildman–Crippen LogP) is 6.48. The molecule has 0 aromatic heterocycles. The van der Waals surface area contributed by atoms with E-state index in [0.29, 0.717) is 5.56 Å². The van der Waals surface area contributed by atoms with Crippen molar-refractivity contribution in [1.82, 2.24) is 0 Å². The molecular weight excluding hydrogens is 404 g/mol. The highest BCUT2D eigenvalue weighted by Gasteiger charge is 2.32. The molecule has 31 heavy (non-hydrogen) atoms. The molecule has 0 aliphatic heterocycles. The Morgan fingerprint density at radius 1 is 0.710 bits per heavy atom. The Labute approximate surface area is 178 Å². The Morgan fingerprint density at radius 3 is 1.61 bits per heavy atom. The average Bonchev–Trinajstić information content (AvgIpc) is 2.74. The third kappa shape index (κ3) is 6.94. The molecule has 0 aliphatic carbocycles. The number of hydrogen-bond acceptors (Lipinski definition) is 1. The molecule has 156 valence electrons. The Bertz CT molecular complexity index is 1150. The van der Waals surface area contributed by atoms with Gasteiger partial charge >= 0.3 is 6.36 Å². The highest BCUT2D eigenvalue weighted by Crippen LogP contribution is 2.25. The zero-order valence-electron chi connectivity index (χ0n) is 16.7. The van der Waals surface area contributed by atoms with Gasteiger partial charge < -0.3 is 4.74 Å². The van der Waals surface area contributed by atoms with E-state index >= 15 is 0 Å².